The summed E-state index contributed by atoms with van der Waals surface area (Å²) >= 11 is 0. The number of hydrogen-bond donors (Lipinski definition) is 2. The summed E-state index contributed by atoms with van der Waals surface area (Å²) in [5.74, 6) is -1.40. The number of aryl methyl sites for hydroxylation is 2. The van der Waals surface area contributed by atoms with Crippen molar-refractivity contribution in [2.24, 2.45) is 7.05 Å². The van der Waals surface area contributed by atoms with Crippen LogP contribution in [0.1, 0.15) is 17.8 Å². The van der Waals surface area contributed by atoms with E-state index in [0.717, 1.165) is 5.69 Å². The van der Waals surface area contributed by atoms with E-state index < -0.39 is 5.97 Å². The van der Waals surface area contributed by atoms with Crippen LogP contribution in [-0.2, 0) is 16.6 Å². The van der Waals surface area contributed by atoms with Crippen LogP contribution in [0.4, 0.5) is 0 Å². The van der Waals surface area contributed by atoms with Crippen LogP contribution in [0.5, 0.6) is 0 Å². The van der Waals surface area contributed by atoms with Crippen LogP contribution in [0.15, 0.2) is 11.6 Å². The third-order valence-corrected chi connectivity index (χ3v) is 2.53. The van der Waals surface area contributed by atoms with Gasteiger partial charge in [-0.3, -0.25) is 9.48 Å². The molecule has 0 bridgehead atoms. The summed E-state index contributed by atoms with van der Waals surface area (Å²) in [4.78, 5) is 22.1. The van der Waals surface area contributed by atoms with Crippen LogP contribution in [0.3, 0.4) is 0 Å². The van der Waals surface area contributed by atoms with Crippen LogP contribution < -0.4 is 5.32 Å². The maximum Gasteiger partial charge on any atom is 0.334 e. The second-order valence-corrected chi connectivity index (χ2v) is 3.68. The molecule has 0 aromatic carbocycles. The SMILES string of the molecule is Cc1cc(C2=C(C(=O)O)CC(=O)N2)nn1C. The van der Waals surface area contributed by atoms with Gasteiger partial charge in [-0.1, -0.05) is 0 Å². The zero-order valence-corrected chi connectivity index (χ0v) is 8.94. The van der Waals surface area contributed by atoms with Gasteiger partial charge in [-0.05, 0) is 13.0 Å². The van der Waals surface area contributed by atoms with E-state index in [1.807, 2.05) is 6.92 Å². The van der Waals surface area contributed by atoms with Crippen LogP contribution in [0.25, 0.3) is 5.70 Å². The summed E-state index contributed by atoms with van der Waals surface area (Å²) in [6, 6.07) is 1.74. The Labute approximate surface area is 91.6 Å². The Morgan fingerprint density at radius 1 is 1.62 bits per heavy atom. The molecule has 1 aromatic heterocycles. The summed E-state index contributed by atoms with van der Waals surface area (Å²) in [5, 5.41) is 15.6. The molecule has 1 amide bonds. The number of rotatable bonds is 2. The molecule has 84 valence electrons. The van der Waals surface area contributed by atoms with Gasteiger partial charge in [0.1, 0.15) is 5.69 Å². The Hall–Kier alpha value is -2.11. The van der Waals surface area contributed by atoms with Crippen molar-refractivity contribution in [3.8, 4) is 0 Å². The van der Waals surface area contributed by atoms with Crippen LogP contribution in [0, 0.1) is 6.92 Å². The molecule has 0 atom stereocenters. The second kappa shape index (κ2) is 3.48. The summed E-state index contributed by atoms with van der Waals surface area (Å²) in [5.41, 5.74) is 1.76. The van der Waals surface area contributed by atoms with Gasteiger partial charge in [-0.15, -0.1) is 0 Å². The van der Waals surface area contributed by atoms with Gasteiger partial charge in [0.2, 0.25) is 5.91 Å². The van der Waals surface area contributed by atoms with Crippen molar-refractivity contribution in [3.05, 3.63) is 23.0 Å². The molecule has 2 N–H and O–H groups in total. The van der Waals surface area contributed by atoms with Crippen molar-refractivity contribution in [2.45, 2.75) is 13.3 Å². The van der Waals surface area contributed by atoms with Gasteiger partial charge in [0.25, 0.3) is 0 Å². The lowest BCUT2D eigenvalue weighted by molar-refractivity contribution is -0.133. The minimum atomic E-state index is -1.09. The van der Waals surface area contributed by atoms with E-state index in [0.29, 0.717) is 11.4 Å². The monoisotopic (exact) mass is 221 g/mol. The number of amides is 1. The fraction of sp³-hybridized carbons (Fsp3) is 0.300. The van der Waals surface area contributed by atoms with E-state index in [4.69, 9.17) is 5.11 Å². The maximum absolute atomic E-state index is 11.2. The molecular formula is C10H11N3O3. The Morgan fingerprint density at radius 3 is 2.81 bits per heavy atom. The van der Waals surface area contributed by atoms with Crippen molar-refractivity contribution in [3.63, 3.8) is 0 Å². The Morgan fingerprint density at radius 2 is 2.31 bits per heavy atom. The molecule has 0 radical (unpaired) electrons. The molecule has 6 nitrogen and oxygen atoms in total. The lowest BCUT2D eigenvalue weighted by Gasteiger charge is -1.99. The predicted octanol–water partition coefficient (Wildman–Crippen LogP) is 0.0441. The number of aliphatic carboxylic acids is 1. The van der Waals surface area contributed by atoms with Crippen LogP contribution in [-0.4, -0.2) is 26.8 Å². The highest BCUT2D eigenvalue weighted by molar-refractivity contribution is 6.08. The van der Waals surface area contributed by atoms with Gasteiger partial charge in [0.15, 0.2) is 0 Å². The number of aromatic nitrogens is 2. The first-order valence-corrected chi connectivity index (χ1v) is 4.76. The molecule has 0 fully saturated rings. The topological polar surface area (TPSA) is 84.2 Å². The number of nitrogens with zero attached hydrogens (tertiary/aromatic N) is 2. The molecule has 2 rings (SSSR count). The lowest BCUT2D eigenvalue weighted by atomic mass is 10.1. The molecule has 6 heteroatoms. The lowest BCUT2D eigenvalue weighted by Crippen LogP contribution is -2.14. The summed E-state index contributed by atoms with van der Waals surface area (Å²) in [6.07, 6.45) is -0.0969. The van der Waals surface area contributed by atoms with Crippen molar-refractivity contribution < 1.29 is 14.7 Å². The molecule has 0 spiro atoms. The molecule has 16 heavy (non-hydrogen) atoms. The zero-order chi connectivity index (χ0) is 11.9. The second-order valence-electron chi connectivity index (χ2n) is 3.68. The van der Waals surface area contributed by atoms with Crippen molar-refractivity contribution in [2.75, 3.05) is 0 Å². The molecular weight excluding hydrogens is 210 g/mol. The number of carbonyl (C=O) groups is 2. The fourth-order valence-corrected chi connectivity index (χ4v) is 1.59. The maximum atomic E-state index is 11.2. The molecule has 1 aromatic rings. The van der Waals surface area contributed by atoms with Gasteiger partial charge in [-0.25, -0.2) is 4.79 Å². The normalized spacial score (nSPS) is 15.5. The van der Waals surface area contributed by atoms with E-state index in [-0.39, 0.29) is 17.9 Å². The first kappa shape index (κ1) is 10.4. The Kier molecular flexibility index (Phi) is 2.26. The van der Waals surface area contributed by atoms with Gasteiger partial charge in [0.05, 0.1) is 17.7 Å². The number of hydrogen-bond acceptors (Lipinski definition) is 3. The van der Waals surface area contributed by atoms with Gasteiger partial charge in [-0.2, -0.15) is 5.10 Å². The highest BCUT2D eigenvalue weighted by Crippen LogP contribution is 2.23. The van der Waals surface area contributed by atoms with E-state index in [1.54, 1.807) is 17.8 Å². The fourth-order valence-electron chi connectivity index (χ4n) is 1.59. The molecule has 0 saturated heterocycles. The minimum absolute atomic E-state index is 0.0723. The average molecular weight is 221 g/mol. The van der Waals surface area contributed by atoms with Gasteiger partial charge in [0, 0.05) is 12.7 Å². The Bertz CT molecular complexity index is 494. The largest absolute Gasteiger partial charge is 0.478 e. The highest BCUT2D eigenvalue weighted by atomic mass is 16.4. The van der Waals surface area contributed by atoms with Crippen molar-refractivity contribution in [1.29, 1.82) is 0 Å². The first-order chi connectivity index (χ1) is 7.49. The van der Waals surface area contributed by atoms with Crippen molar-refractivity contribution in [1.82, 2.24) is 15.1 Å². The number of carbonyl (C=O) groups excluding carboxylic acids is 1. The molecule has 0 saturated carbocycles. The van der Waals surface area contributed by atoms with Gasteiger partial charge < -0.3 is 10.4 Å². The molecule has 1 aliphatic heterocycles. The summed E-state index contributed by atoms with van der Waals surface area (Å²) < 4.78 is 1.63. The van der Waals surface area contributed by atoms with E-state index >= 15 is 0 Å². The van der Waals surface area contributed by atoms with E-state index in [9.17, 15) is 9.59 Å². The molecule has 0 aliphatic carbocycles. The standard InChI is InChI=1S/C10H11N3O3/c1-5-3-7(12-13(5)2)9-6(10(15)16)4-8(14)11-9/h3H,4H2,1-2H3,(H,11,14)(H,15,16). The molecule has 1 aliphatic rings. The quantitative estimate of drug-likeness (QED) is 0.738. The minimum Gasteiger partial charge on any atom is -0.478 e. The average Bonchev–Trinajstić information content (AvgIpc) is 2.71. The smallest absolute Gasteiger partial charge is 0.334 e. The zero-order valence-electron chi connectivity index (χ0n) is 8.94. The molecule has 0 unspecified atom stereocenters. The van der Waals surface area contributed by atoms with Crippen LogP contribution >= 0.6 is 0 Å². The van der Waals surface area contributed by atoms with Gasteiger partial charge >= 0.3 is 5.97 Å². The third kappa shape index (κ3) is 1.58. The molecule has 2 heterocycles. The Balaban J connectivity index is 2.49. The highest BCUT2D eigenvalue weighted by Gasteiger charge is 2.28. The first-order valence-electron chi connectivity index (χ1n) is 4.76. The van der Waals surface area contributed by atoms with Crippen LogP contribution in [0.2, 0.25) is 0 Å². The summed E-state index contributed by atoms with van der Waals surface area (Å²) in [7, 11) is 1.76. The van der Waals surface area contributed by atoms with E-state index in [1.165, 1.54) is 0 Å². The summed E-state index contributed by atoms with van der Waals surface area (Å²) in [6.45, 7) is 1.86. The van der Waals surface area contributed by atoms with E-state index in [2.05, 4.69) is 10.4 Å². The number of nitrogens with one attached hydrogen (secondary N) is 1. The van der Waals surface area contributed by atoms with Crippen molar-refractivity contribution >= 4 is 17.6 Å². The number of carboxylic acids is 1. The predicted molar refractivity (Wildman–Crippen MR) is 55.3 cm³/mol. The third-order valence-electron chi connectivity index (χ3n) is 2.53. The number of carboxylic acid groups (broad SMARTS) is 1.